The topological polar surface area (TPSA) is 66.5 Å². The molecule has 0 heterocycles. The molecule has 1 aromatic rings. The van der Waals surface area contributed by atoms with Gasteiger partial charge in [0, 0.05) is 12.2 Å². The Kier molecular flexibility index (Phi) is 3.31. The quantitative estimate of drug-likeness (QED) is 0.743. The highest BCUT2D eigenvalue weighted by Gasteiger charge is 2.29. The summed E-state index contributed by atoms with van der Waals surface area (Å²) in [5.74, 6) is 0.213. The standard InChI is InChI=1S/C14H17NO2/c15-14(12-5-1-2-6-13(12)17)8-3-4-11(10-14)7-9-16/h1-6,8,16-17H,7,9-10,15H2. The van der Waals surface area contributed by atoms with E-state index in [1.54, 1.807) is 12.1 Å². The van der Waals surface area contributed by atoms with E-state index < -0.39 is 5.54 Å². The lowest BCUT2D eigenvalue weighted by Gasteiger charge is -2.30. The van der Waals surface area contributed by atoms with Crippen LogP contribution in [0.5, 0.6) is 5.75 Å². The van der Waals surface area contributed by atoms with Gasteiger partial charge in [0.1, 0.15) is 5.75 Å². The Morgan fingerprint density at radius 1 is 1.29 bits per heavy atom. The van der Waals surface area contributed by atoms with Crippen molar-refractivity contribution in [3.8, 4) is 5.75 Å². The molecule has 0 bridgehead atoms. The largest absolute Gasteiger partial charge is 0.508 e. The molecule has 4 N–H and O–H groups in total. The maximum Gasteiger partial charge on any atom is 0.120 e. The minimum absolute atomic E-state index is 0.122. The van der Waals surface area contributed by atoms with Crippen molar-refractivity contribution in [1.29, 1.82) is 0 Å². The molecule has 0 saturated carbocycles. The van der Waals surface area contributed by atoms with E-state index in [9.17, 15) is 5.11 Å². The fourth-order valence-corrected chi connectivity index (χ4v) is 2.22. The lowest BCUT2D eigenvalue weighted by Crippen LogP contribution is -2.36. The van der Waals surface area contributed by atoms with Gasteiger partial charge in [0.25, 0.3) is 0 Å². The van der Waals surface area contributed by atoms with Crippen molar-refractivity contribution in [2.75, 3.05) is 6.61 Å². The first-order chi connectivity index (χ1) is 8.15. The van der Waals surface area contributed by atoms with Crippen molar-refractivity contribution in [1.82, 2.24) is 0 Å². The van der Waals surface area contributed by atoms with E-state index in [-0.39, 0.29) is 12.4 Å². The number of hydrogen-bond acceptors (Lipinski definition) is 3. The molecule has 0 radical (unpaired) electrons. The number of aromatic hydroxyl groups is 1. The Bertz CT molecular complexity index is 465. The highest BCUT2D eigenvalue weighted by Crippen LogP contribution is 2.36. The molecule has 3 heteroatoms. The van der Waals surface area contributed by atoms with Crippen molar-refractivity contribution in [3.05, 3.63) is 53.6 Å². The molecule has 1 aliphatic rings. The van der Waals surface area contributed by atoms with Crippen LogP contribution >= 0.6 is 0 Å². The number of allylic oxidation sites excluding steroid dienone is 2. The van der Waals surface area contributed by atoms with Crippen LogP contribution < -0.4 is 5.73 Å². The van der Waals surface area contributed by atoms with Gasteiger partial charge < -0.3 is 15.9 Å². The van der Waals surface area contributed by atoms with Crippen LogP contribution in [0.4, 0.5) is 0 Å². The monoisotopic (exact) mass is 231 g/mol. The molecule has 0 saturated heterocycles. The first kappa shape index (κ1) is 11.9. The van der Waals surface area contributed by atoms with E-state index in [1.165, 1.54) is 0 Å². The predicted molar refractivity (Wildman–Crippen MR) is 67.5 cm³/mol. The lowest BCUT2D eigenvalue weighted by atomic mass is 9.80. The van der Waals surface area contributed by atoms with Gasteiger partial charge in [-0.15, -0.1) is 0 Å². The van der Waals surface area contributed by atoms with Gasteiger partial charge in [-0.3, -0.25) is 0 Å². The van der Waals surface area contributed by atoms with Gasteiger partial charge >= 0.3 is 0 Å². The van der Waals surface area contributed by atoms with E-state index >= 15 is 0 Å². The molecule has 0 aliphatic heterocycles. The molecule has 1 aliphatic carbocycles. The van der Waals surface area contributed by atoms with Gasteiger partial charge in [0.15, 0.2) is 0 Å². The number of phenolic OH excluding ortho intramolecular Hbond substituents is 1. The van der Waals surface area contributed by atoms with Gasteiger partial charge in [-0.05, 0) is 18.9 Å². The molecule has 1 unspecified atom stereocenters. The van der Waals surface area contributed by atoms with Crippen LogP contribution in [-0.2, 0) is 5.54 Å². The zero-order chi connectivity index (χ0) is 12.3. The van der Waals surface area contributed by atoms with E-state index in [0.717, 1.165) is 11.1 Å². The van der Waals surface area contributed by atoms with Crippen LogP contribution in [0.25, 0.3) is 0 Å². The number of aliphatic hydroxyl groups is 1. The number of phenols is 1. The molecule has 0 amide bonds. The third kappa shape index (κ3) is 2.40. The van der Waals surface area contributed by atoms with Gasteiger partial charge in [-0.2, -0.15) is 0 Å². The second kappa shape index (κ2) is 4.73. The smallest absolute Gasteiger partial charge is 0.120 e. The Labute approximate surface area is 101 Å². The Morgan fingerprint density at radius 3 is 2.76 bits per heavy atom. The van der Waals surface area contributed by atoms with Crippen molar-refractivity contribution in [3.63, 3.8) is 0 Å². The number of hydrogen-bond donors (Lipinski definition) is 3. The number of para-hydroxylation sites is 1. The van der Waals surface area contributed by atoms with Gasteiger partial charge in [0.05, 0.1) is 5.54 Å². The van der Waals surface area contributed by atoms with Crippen molar-refractivity contribution in [2.24, 2.45) is 5.73 Å². The van der Waals surface area contributed by atoms with Crippen LogP contribution in [0.3, 0.4) is 0 Å². The summed E-state index contributed by atoms with van der Waals surface area (Å²) in [6.45, 7) is 0.122. The third-order valence-electron chi connectivity index (χ3n) is 3.08. The summed E-state index contributed by atoms with van der Waals surface area (Å²) in [7, 11) is 0. The lowest BCUT2D eigenvalue weighted by molar-refractivity contribution is 0.295. The second-order valence-electron chi connectivity index (χ2n) is 4.39. The van der Waals surface area contributed by atoms with Crippen LogP contribution in [0.1, 0.15) is 18.4 Å². The Balaban J connectivity index is 2.30. The van der Waals surface area contributed by atoms with Crippen LogP contribution in [0, 0.1) is 0 Å². The van der Waals surface area contributed by atoms with E-state index in [4.69, 9.17) is 10.8 Å². The van der Waals surface area contributed by atoms with E-state index in [0.29, 0.717) is 12.8 Å². The molecule has 3 nitrogen and oxygen atoms in total. The fourth-order valence-electron chi connectivity index (χ4n) is 2.22. The molecule has 1 atom stereocenters. The fraction of sp³-hybridized carbons (Fsp3) is 0.286. The van der Waals surface area contributed by atoms with Gasteiger partial charge in [-0.25, -0.2) is 0 Å². The summed E-state index contributed by atoms with van der Waals surface area (Å²) in [5.41, 5.74) is 7.48. The third-order valence-corrected chi connectivity index (χ3v) is 3.08. The number of benzene rings is 1. The minimum atomic E-state index is -0.676. The zero-order valence-electron chi connectivity index (χ0n) is 9.63. The first-order valence-electron chi connectivity index (χ1n) is 5.71. The Hall–Kier alpha value is -1.58. The second-order valence-corrected chi connectivity index (χ2v) is 4.39. The number of aliphatic hydroxyl groups excluding tert-OH is 1. The molecule has 1 aromatic carbocycles. The highest BCUT2D eigenvalue weighted by molar-refractivity contribution is 5.44. The van der Waals surface area contributed by atoms with E-state index in [2.05, 4.69) is 0 Å². The van der Waals surface area contributed by atoms with Gasteiger partial charge in [-0.1, -0.05) is 42.0 Å². The zero-order valence-corrected chi connectivity index (χ0v) is 9.63. The number of rotatable bonds is 3. The van der Waals surface area contributed by atoms with Crippen LogP contribution in [0.2, 0.25) is 0 Å². The van der Waals surface area contributed by atoms with Crippen LogP contribution in [-0.4, -0.2) is 16.8 Å². The van der Waals surface area contributed by atoms with Crippen molar-refractivity contribution in [2.45, 2.75) is 18.4 Å². The average molecular weight is 231 g/mol. The minimum Gasteiger partial charge on any atom is -0.508 e. The molecule has 17 heavy (non-hydrogen) atoms. The average Bonchev–Trinajstić information content (AvgIpc) is 2.30. The molecule has 0 aromatic heterocycles. The maximum atomic E-state index is 9.86. The normalized spacial score (nSPS) is 23.5. The summed E-state index contributed by atoms with van der Waals surface area (Å²) in [6.07, 6.45) is 7.00. The summed E-state index contributed by atoms with van der Waals surface area (Å²) in [4.78, 5) is 0. The summed E-state index contributed by atoms with van der Waals surface area (Å²) in [5, 5.41) is 18.8. The molecule has 0 spiro atoms. The van der Waals surface area contributed by atoms with Crippen LogP contribution in [0.15, 0.2) is 48.1 Å². The van der Waals surface area contributed by atoms with Gasteiger partial charge in [0.2, 0.25) is 0 Å². The SMILES string of the molecule is NC1(c2ccccc2O)C=CC=C(CCO)C1. The molecular weight excluding hydrogens is 214 g/mol. The predicted octanol–water partition coefficient (Wildman–Crippen LogP) is 1.81. The summed E-state index contributed by atoms with van der Waals surface area (Å²) < 4.78 is 0. The van der Waals surface area contributed by atoms with Crippen molar-refractivity contribution < 1.29 is 10.2 Å². The number of nitrogens with two attached hydrogens (primary N) is 1. The molecule has 0 fully saturated rings. The Morgan fingerprint density at radius 2 is 2.06 bits per heavy atom. The summed E-state index contributed by atoms with van der Waals surface area (Å²) in [6, 6.07) is 7.12. The molecule has 2 rings (SSSR count). The highest BCUT2D eigenvalue weighted by atomic mass is 16.3. The van der Waals surface area contributed by atoms with Crippen molar-refractivity contribution >= 4 is 0 Å². The first-order valence-corrected chi connectivity index (χ1v) is 5.71. The summed E-state index contributed by atoms with van der Waals surface area (Å²) >= 11 is 0. The molecule has 90 valence electrons. The maximum absolute atomic E-state index is 9.86. The molecular formula is C14H17NO2. The van der Waals surface area contributed by atoms with E-state index in [1.807, 2.05) is 30.4 Å².